The van der Waals surface area contributed by atoms with E-state index in [4.69, 9.17) is 9.16 Å². The van der Waals surface area contributed by atoms with E-state index >= 15 is 0 Å². The van der Waals surface area contributed by atoms with E-state index in [1.54, 1.807) is 6.26 Å². The van der Waals surface area contributed by atoms with Gasteiger partial charge in [-0.1, -0.05) is 20.8 Å². The van der Waals surface area contributed by atoms with Gasteiger partial charge in [-0.15, -0.1) is 0 Å². The molecule has 82 valence electrons. The summed E-state index contributed by atoms with van der Waals surface area (Å²) in [5, 5.41) is 0.292. The maximum absolute atomic E-state index is 6.17. The minimum atomic E-state index is -1.59. The highest BCUT2D eigenvalue weighted by molar-refractivity contribution is 6.74. The lowest BCUT2D eigenvalue weighted by Crippen LogP contribution is -2.43. The van der Waals surface area contributed by atoms with Crippen LogP contribution in [0.4, 0.5) is 0 Å². The Morgan fingerprint density at radius 3 is 2.29 bits per heavy atom. The molecular weight excluding hydrogens is 192 g/mol. The van der Waals surface area contributed by atoms with Crippen molar-refractivity contribution >= 4 is 8.32 Å². The molecule has 14 heavy (non-hydrogen) atoms. The fourth-order valence-electron chi connectivity index (χ4n) is 1.14. The molecule has 0 aromatic heterocycles. The standard InChI is InChI=1S/C11H22O2Si/c1-9(7-10-8-12-10)13-14(5,6)11(2,3)4/h8-9H,7H2,1-6H3. The number of ether oxygens (including phenoxy) is 1. The molecule has 0 radical (unpaired) electrons. The first-order valence-corrected chi connectivity index (χ1v) is 8.17. The van der Waals surface area contributed by atoms with Gasteiger partial charge in [-0.25, -0.2) is 0 Å². The van der Waals surface area contributed by atoms with Crippen LogP contribution in [0.2, 0.25) is 18.1 Å². The van der Waals surface area contributed by atoms with Crippen molar-refractivity contribution in [2.24, 2.45) is 0 Å². The molecule has 0 amide bonds. The molecular formula is C11H22O2Si. The summed E-state index contributed by atoms with van der Waals surface area (Å²) < 4.78 is 11.2. The van der Waals surface area contributed by atoms with Crippen molar-refractivity contribution in [3.63, 3.8) is 0 Å². The van der Waals surface area contributed by atoms with Gasteiger partial charge in [0, 0.05) is 12.5 Å². The van der Waals surface area contributed by atoms with Crippen LogP contribution >= 0.6 is 0 Å². The Hall–Kier alpha value is -0.283. The lowest BCUT2D eigenvalue weighted by Gasteiger charge is -2.38. The van der Waals surface area contributed by atoms with E-state index in [0.717, 1.165) is 12.2 Å². The molecule has 1 aliphatic rings. The maximum atomic E-state index is 6.17. The Morgan fingerprint density at radius 2 is 1.93 bits per heavy atom. The molecule has 1 rings (SSSR count). The molecule has 0 aromatic carbocycles. The Bertz CT molecular complexity index is 238. The molecule has 0 bridgehead atoms. The molecule has 1 aliphatic heterocycles. The summed E-state index contributed by atoms with van der Waals surface area (Å²) in [4.78, 5) is 0. The van der Waals surface area contributed by atoms with E-state index in [1.807, 2.05) is 0 Å². The van der Waals surface area contributed by atoms with Crippen LogP contribution in [0.25, 0.3) is 0 Å². The molecule has 0 saturated heterocycles. The van der Waals surface area contributed by atoms with Crippen LogP contribution in [0, 0.1) is 0 Å². The van der Waals surface area contributed by atoms with E-state index in [0.29, 0.717) is 5.04 Å². The molecule has 0 spiro atoms. The largest absolute Gasteiger partial charge is 0.462 e. The summed E-state index contributed by atoms with van der Waals surface area (Å²) in [6.45, 7) is 13.5. The van der Waals surface area contributed by atoms with Crippen molar-refractivity contribution in [3.8, 4) is 0 Å². The zero-order valence-electron chi connectivity index (χ0n) is 10.2. The molecule has 0 saturated carbocycles. The van der Waals surface area contributed by atoms with Gasteiger partial charge >= 0.3 is 0 Å². The monoisotopic (exact) mass is 214 g/mol. The van der Waals surface area contributed by atoms with E-state index < -0.39 is 8.32 Å². The summed E-state index contributed by atoms with van der Waals surface area (Å²) in [5.41, 5.74) is 0. The SMILES string of the molecule is CC(CC1=CO1)O[Si](C)(C)C(C)(C)C. The summed E-state index contributed by atoms with van der Waals surface area (Å²) in [6.07, 6.45) is 3.00. The zero-order chi connectivity index (χ0) is 11.0. The normalized spacial score (nSPS) is 18.6. The highest BCUT2D eigenvalue weighted by Gasteiger charge is 2.38. The third-order valence-corrected chi connectivity index (χ3v) is 7.68. The Kier molecular flexibility index (Phi) is 3.12. The zero-order valence-corrected chi connectivity index (χ0v) is 11.2. The van der Waals surface area contributed by atoms with Gasteiger partial charge < -0.3 is 9.16 Å². The Labute approximate surface area is 88.4 Å². The highest BCUT2D eigenvalue weighted by Crippen LogP contribution is 2.38. The van der Waals surface area contributed by atoms with Crippen LogP contribution in [0.5, 0.6) is 0 Å². The second-order valence-electron chi connectivity index (χ2n) is 5.59. The van der Waals surface area contributed by atoms with Gasteiger partial charge in [0.25, 0.3) is 0 Å². The first kappa shape index (κ1) is 11.8. The minimum absolute atomic E-state index is 0.282. The highest BCUT2D eigenvalue weighted by atomic mass is 28.4. The summed E-state index contributed by atoms with van der Waals surface area (Å²) in [5.74, 6) is 1.08. The maximum Gasteiger partial charge on any atom is 0.192 e. The van der Waals surface area contributed by atoms with Crippen LogP contribution < -0.4 is 0 Å². The van der Waals surface area contributed by atoms with Crippen LogP contribution in [-0.4, -0.2) is 14.4 Å². The smallest absolute Gasteiger partial charge is 0.192 e. The predicted octanol–water partition coefficient (Wildman–Crippen LogP) is 3.66. The second kappa shape index (κ2) is 3.70. The van der Waals surface area contributed by atoms with Crippen LogP contribution in [0.15, 0.2) is 12.0 Å². The lowest BCUT2D eigenvalue weighted by atomic mass is 10.2. The summed E-state index contributed by atoms with van der Waals surface area (Å²) in [7, 11) is -1.59. The lowest BCUT2D eigenvalue weighted by molar-refractivity contribution is 0.192. The fourth-order valence-corrected chi connectivity index (χ4v) is 2.59. The summed E-state index contributed by atoms with van der Waals surface area (Å²) >= 11 is 0. The van der Waals surface area contributed by atoms with Gasteiger partial charge in [0.2, 0.25) is 0 Å². The van der Waals surface area contributed by atoms with Gasteiger partial charge in [0.05, 0.1) is 0 Å². The van der Waals surface area contributed by atoms with E-state index in [2.05, 4.69) is 40.8 Å². The average molecular weight is 214 g/mol. The van der Waals surface area contributed by atoms with Crippen LogP contribution in [0.1, 0.15) is 34.1 Å². The first-order chi connectivity index (χ1) is 6.22. The number of rotatable bonds is 4. The molecule has 0 N–H and O–H groups in total. The van der Waals surface area contributed by atoms with Gasteiger partial charge in [0.1, 0.15) is 12.0 Å². The van der Waals surface area contributed by atoms with E-state index in [-0.39, 0.29) is 6.10 Å². The van der Waals surface area contributed by atoms with Crippen LogP contribution in [0.3, 0.4) is 0 Å². The van der Waals surface area contributed by atoms with E-state index in [1.165, 1.54) is 0 Å². The van der Waals surface area contributed by atoms with Crippen molar-refractivity contribution in [2.75, 3.05) is 0 Å². The van der Waals surface area contributed by atoms with Gasteiger partial charge in [0.15, 0.2) is 8.32 Å². The van der Waals surface area contributed by atoms with Gasteiger partial charge in [-0.05, 0) is 25.1 Å². The molecule has 0 fully saturated rings. The average Bonchev–Trinajstić information content (AvgIpc) is 2.66. The Balaban J connectivity index is 2.44. The van der Waals surface area contributed by atoms with Gasteiger partial charge in [-0.2, -0.15) is 0 Å². The molecule has 1 unspecified atom stereocenters. The van der Waals surface area contributed by atoms with Crippen molar-refractivity contribution in [3.05, 3.63) is 12.0 Å². The molecule has 1 atom stereocenters. The van der Waals surface area contributed by atoms with Crippen molar-refractivity contribution in [2.45, 2.75) is 58.4 Å². The topological polar surface area (TPSA) is 21.8 Å². The number of hydrogen-bond donors (Lipinski definition) is 0. The van der Waals surface area contributed by atoms with Crippen LogP contribution in [-0.2, 0) is 9.16 Å². The first-order valence-electron chi connectivity index (χ1n) is 5.26. The molecule has 0 aromatic rings. The number of hydrogen-bond acceptors (Lipinski definition) is 2. The minimum Gasteiger partial charge on any atom is -0.462 e. The second-order valence-corrected chi connectivity index (χ2v) is 10.4. The molecule has 3 heteroatoms. The third kappa shape index (κ3) is 3.14. The summed E-state index contributed by atoms with van der Waals surface area (Å²) in [6, 6.07) is 0. The molecule has 0 aliphatic carbocycles. The van der Waals surface area contributed by atoms with Crippen molar-refractivity contribution < 1.29 is 9.16 Å². The fraction of sp³-hybridized carbons (Fsp3) is 0.818. The van der Waals surface area contributed by atoms with Crippen molar-refractivity contribution in [1.29, 1.82) is 0 Å². The Morgan fingerprint density at radius 1 is 1.43 bits per heavy atom. The molecule has 1 heterocycles. The quantitative estimate of drug-likeness (QED) is 0.666. The van der Waals surface area contributed by atoms with Gasteiger partial charge in [-0.3, -0.25) is 0 Å². The predicted molar refractivity (Wildman–Crippen MR) is 61.5 cm³/mol. The molecule has 2 nitrogen and oxygen atoms in total. The third-order valence-electron chi connectivity index (χ3n) is 3.08. The van der Waals surface area contributed by atoms with E-state index in [9.17, 15) is 0 Å². The van der Waals surface area contributed by atoms with Crippen molar-refractivity contribution in [1.82, 2.24) is 0 Å².